The zero-order valence-corrected chi connectivity index (χ0v) is 10.0. The molecule has 0 aliphatic heterocycles. The van der Waals surface area contributed by atoms with Gasteiger partial charge in [0.05, 0.1) is 12.0 Å². The molecule has 5 heteroatoms. The topological polar surface area (TPSA) is 83.6 Å². The lowest BCUT2D eigenvalue weighted by molar-refractivity contribution is -0.136. The molecule has 1 amide bonds. The van der Waals surface area contributed by atoms with E-state index >= 15 is 0 Å². The van der Waals surface area contributed by atoms with Crippen molar-refractivity contribution in [3.63, 3.8) is 0 Å². The summed E-state index contributed by atoms with van der Waals surface area (Å²) < 4.78 is 0. The Morgan fingerprint density at radius 2 is 1.89 bits per heavy atom. The van der Waals surface area contributed by atoms with Crippen LogP contribution in [-0.2, 0) is 9.59 Å². The van der Waals surface area contributed by atoms with Gasteiger partial charge in [-0.1, -0.05) is 18.2 Å². The maximum Gasteiger partial charge on any atom is 0.305 e. The van der Waals surface area contributed by atoms with Crippen molar-refractivity contribution in [2.75, 3.05) is 11.4 Å². The van der Waals surface area contributed by atoms with E-state index in [4.69, 9.17) is 10.8 Å². The molecular weight excluding hydrogens is 232 g/mol. The molecule has 1 aliphatic carbocycles. The van der Waals surface area contributed by atoms with Crippen molar-refractivity contribution in [3.05, 3.63) is 30.3 Å². The van der Waals surface area contributed by atoms with E-state index in [2.05, 4.69) is 0 Å². The third kappa shape index (κ3) is 2.68. The molecule has 1 aromatic carbocycles. The fourth-order valence-electron chi connectivity index (χ4n) is 1.78. The summed E-state index contributed by atoms with van der Waals surface area (Å²) in [6.45, 7) is 0.150. The number of carbonyl (C=O) groups is 2. The molecule has 0 heterocycles. The number of nitrogens with two attached hydrogens (primary N) is 1. The molecule has 3 N–H and O–H groups in total. The van der Waals surface area contributed by atoms with E-state index in [1.807, 2.05) is 18.2 Å². The Bertz CT molecular complexity index is 455. The summed E-state index contributed by atoms with van der Waals surface area (Å²) >= 11 is 0. The molecule has 0 atom stereocenters. The molecule has 1 aliphatic rings. The lowest BCUT2D eigenvalue weighted by Gasteiger charge is -2.25. The van der Waals surface area contributed by atoms with Gasteiger partial charge in [0, 0.05) is 12.2 Å². The number of carboxylic acids is 1. The van der Waals surface area contributed by atoms with Gasteiger partial charge in [-0.25, -0.2) is 0 Å². The molecule has 0 saturated heterocycles. The van der Waals surface area contributed by atoms with Crippen LogP contribution in [0.4, 0.5) is 5.69 Å². The summed E-state index contributed by atoms with van der Waals surface area (Å²) in [4.78, 5) is 24.4. The molecule has 1 fully saturated rings. The molecule has 0 bridgehead atoms. The number of amides is 1. The number of rotatable bonds is 5. The van der Waals surface area contributed by atoms with Gasteiger partial charge >= 0.3 is 5.97 Å². The van der Waals surface area contributed by atoms with Crippen LogP contribution in [0.5, 0.6) is 0 Å². The van der Waals surface area contributed by atoms with E-state index in [0.29, 0.717) is 18.5 Å². The lowest BCUT2D eigenvalue weighted by atomic mass is 10.2. The zero-order chi connectivity index (χ0) is 13.2. The summed E-state index contributed by atoms with van der Waals surface area (Å²) in [7, 11) is 0. The maximum atomic E-state index is 12.2. The lowest BCUT2D eigenvalue weighted by Crippen LogP contribution is -2.46. The second-order valence-corrected chi connectivity index (χ2v) is 4.59. The Hall–Kier alpha value is -1.88. The Morgan fingerprint density at radius 3 is 2.39 bits per heavy atom. The molecule has 96 valence electrons. The van der Waals surface area contributed by atoms with Crippen molar-refractivity contribution in [3.8, 4) is 0 Å². The number of para-hydroxylation sites is 1. The highest BCUT2D eigenvalue weighted by molar-refractivity contribution is 6.02. The summed E-state index contributed by atoms with van der Waals surface area (Å²) in [5, 5.41) is 8.74. The predicted molar refractivity (Wildman–Crippen MR) is 67.2 cm³/mol. The van der Waals surface area contributed by atoms with Crippen LogP contribution < -0.4 is 10.6 Å². The summed E-state index contributed by atoms with van der Waals surface area (Å²) in [6.07, 6.45) is 1.25. The van der Waals surface area contributed by atoms with Crippen molar-refractivity contribution >= 4 is 17.6 Å². The van der Waals surface area contributed by atoms with E-state index in [1.54, 1.807) is 12.1 Å². The van der Waals surface area contributed by atoms with Gasteiger partial charge in [-0.2, -0.15) is 0 Å². The van der Waals surface area contributed by atoms with Gasteiger partial charge in [-0.15, -0.1) is 0 Å². The zero-order valence-electron chi connectivity index (χ0n) is 10.0. The average molecular weight is 248 g/mol. The van der Waals surface area contributed by atoms with Gasteiger partial charge in [0.1, 0.15) is 0 Å². The van der Waals surface area contributed by atoms with E-state index in [0.717, 1.165) is 0 Å². The maximum absolute atomic E-state index is 12.2. The molecule has 0 spiro atoms. The first-order chi connectivity index (χ1) is 8.53. The number of aliphatic carboxylic acids is 1. The number of carboxylic acid groups (broad SMARTS) is 1. The minimum absolute atomic E-state index is 0.0866. The van der Waals surface area contributed by atoms with Crippen LogP contribution in [0.2, 0.25) is 0 Å². The van der Waals surface area contributed by atoms with E-state index in [9.17, 15) is 9.59 Å². The SMILES string of the molecule is NC1(C(=O)N(CCC(=O)O)c2ccccc2)CC1. The van der Waals surface area contributed by atoms with Crippen LogP contribution in [0.3, 0.4) is 0 Å². The number of anilines is 1. The largest absolute Gasteiger partial charge is 0.481 e. The van der Waals surface area contributed by atoms with Gasteiger partial charge in [-0.05, 0) is 25.0 Å². The highest BCUT2D eigenvalue weighted by Crippen LogP contribution is 2.35. The second-order valence-electron chi connectivity index (χ2n) is 4.59. The Labute approximate surface area is 105 Å². The normalized spacial score (nSPS) is 16.1. The van der Waals surface area contributed by atoms with Crippen LogP contribution >= 0.6 is 0 Å². The van der Waals surface area contributed by atoms with Crippen molar-refractivity contribution in [1.29, 1.82) is 0 Å². The molecule has 1 saturated carbocycles. The van der Waals surface area contributed by atoms with Crippen molar-refractivity contribution in [1.82, 2.24) is 0 Å². The fraction of sp³-hybridized carbons (Fsp3) is 0.385. The molecule has 0 radical (unpaired) electrons. The third-order valence-electron chi connectivity index (χ3n) is 3.08. The van der Waals surface area contributed by atoms with E-state index in [-0.39, 0.29) is 18.9 Å². The number of hydrogen-bond acceptors (Lipinski definition) is 3. The standard InChI is InChI=1S/C13H16N2O3/c14-13(7-8-13)12(18)15(9-6-11(16)17)10-4-2-1-3-5-10/h1-5H,6-9,14H2,(H,16,17). The molecule has 0 unspecified atom stereocenters. The minimum Gasteiger partial charge on any atom is -0.481 e. The Balaban J connectivity index is 2.17. The fourth-order valence-corrected chi connectivity index (χ4v) is 1.78. The first-order valence-corrected chi connectivity index (χ1v) is 5.91. The quantitative estimate of drug-likeness (QED) is 0.813. The smallest absolute Gasteiger partial charge is 0.305 e. The number of carbonyl (C=O) groups excluding carboxylic acids is 1. The van der Waals surface area contributed by atoms with E-state index < -0.39 is 11.5 Å². The first-order valence-electron chi connectivity index (χ1n) is 5.91. The van der Waals surface area contributed by atoms with Gasteiger partial charge in [0.15, 0.2) is 0 Å². The monoisotopic (exact) mass is 248 g/mol. The minimum atomic E-state index is -0.925. The molecule has 18 heavy (non-hydrogen) atoms. The second kappa shape index (κ2) is 4.78. The number of benzene rings is 1. The van der Waals surface area contributed by atoms with Crippen LogP contribution in [0, 0.1) is 0 Å². The van der Waals surface area contributed by atoms with Crippen molar-refractivity contribution in [2.45, 2.75) is 24.8 Å². The van der Waals surface area contributed by atoms with Crippen molar-refractivity contribution < 1.29 is 14.7 Å². The summed E-state index contributed by atoms with van der Waals surface area (Å²) in [6, 6.07) is 9.04. The Morgan fingerprint density at radius 1 is 1.28 bits per heavy atom. The third-order valence-corrected chi connectivity index (χ3v) is 3.08. The van der Waals surface area contributed by atoms with Gasteiger partial charge < -0.3 is 15.7 Å². The van der Waals surface area contributed by atoms with Crippen LogP contribution in [0.15, 0.2) is 30.3 Å². The van der Waals surface area contributed by atoms with Crippen LogP contribution in [0.1, 0.15) is 19.3 Å². The summed E-state index contributed by atoms with van der Waals surface area (Å²) in [5.74, 6) is -1.11. The average Bonchev–Trinajstić information content (AvgIpc) is 3.10. The predicted octanol–water partition coefficient (Wildman–Crippen LogP) is 0.986. The Kier molecular flexibility index (Phi) is 3.34. The van der Waals surface area contributed by atoms with E-state index in [1.165, 1.54) is 4.90 Å². The van der Waals surface area contributed by atoms with Gasteiger partial charge in [0.25, 0.3) is 0 Å². The molecule has 1 aromatic rings. The number of nitrogens with zero attached hydrogens (tertiary/aromatic N) is 1. The highest BCUT2D eigenvalue weighted by atomic mass is 16.4. The van der Waals surface area contributed by atoms with Gasteiger partial charge in [-0.3, -0.25) is 9.59 Å². The highest BCUT2D eigenvalue weighted by Gasteiger charge is 2.48. The van der Waals surface area contributed by atoms with Gasteiger partial charge in [0.2, 0.25) is 5.91 Å². The molecule has 2 rings (SSSR count). The summed E-state index contributed by atoms with van der Waals surface area (Å²) in [5.41, 5.74) is 5.81. The van der Waals surface area contributed by atoms with Crippen LogP contribution in [0.25, 0.3) is 0 Å². The molecule has 0 aromatic heterocycles. The van der Waals surface area contributed by atoms with Crippen LogP contribution in [-0.4, -0.2) is 29.1 Å². The first kappa shape index (κ1) is 12.6. The molecule has 5 nitrogen and oxygen atoms in total. The molecular formula is C13H16N2O3. The van der Waals surface area contributed by atoms with Crippen molar-refractivity contribution in [2.24, 2.45) is 5.73 Å². The number of hydrogen-bond donors (Lipinski definition) is 2.